The molecular formula is C12H19NO. The van der Waals surface area contributed by atoms with E-state index in [1.165, 1.54) is 0 Å². The number of benzene rings is 1. The summed E-state index contributed by atoms with van der Waals surface area (Å²) >= 11 is 0. The Bertz CT molecular complexity index is 313. The number of hydrogen-bond acceptors (Lipinski definition) is 2. The van der Waals surface area contributed by atoms with Crippen LogP contribution in [0.15, 0.2) is 18.2 Å². The van der Waals surface area contributed by atoms with Crippen LogP contribution in [0.5, 0.6) is 5.75 Å². The van der Waals surface area contributed by atoms with Gasteiger partial charge in [-0.3, -0.25) is 0 Å². The lowest BCUT2D eigenvalue weighted by Crippen LogP contribution is -2.11. The molecule has 0 saturated carbocycles. The third-order valence-corrected chi connectivity index (χ3v) is 2.13. The predicted molar refractivity (Wildman–Crippen MR) is 60.8 cm³/mol. The third kappa shape index (κ3) is 2.66. The lowest BCUT2D eigenvalue weighted by Gasteiger charge is -2.21. The Morgan fingerprint density at radius 3 is 2.43 bits per heavy atom. The summed E-state index contributed by atoms with van der Waals surface area (Å²) in [6, 6.07) is 5.58. The van der Waals surface area contributed by atoms with E-state index in [9.17, 15) is 5.11 Å². The SMILES string of the molecule is CNc1cccc(O)c1CC(C)(C)C. The van der Waals surface area contributed by atoms with Crippen LogP contribution in [0.3, 0.4) is 0 Å². The van der Waals surface area contributed by atoms with Gasteiger partial charge in [-0.05, 0) is 24.0 Å². The zero-order valence-corrected chi connectivity index (χ0v) is 9.39. The highest BCUT2D eigenvalue weighted by molar-refractivity contribution is 5.57. The van der Waals surface area contributed by atoms with Crippen LogP contribution in [-0.4, -0.2) is 12.2 Å². The first kappa shape index (κ1) is 10.9. The second-order valence-electron chi connectivity index (χ2n) is 4.79. The Hall–Kier alpha value is -1.18. The van der Waals surface area contributed by atoms with Crippen LogP contribution in [0.25, 0.3) is 0 Å². The Morgan fingerprint density at radius 1 is 1.29 bits per heavy atom. The van der Waals surface area contributed by atoms with Crippen molar-refractivity contribution in [2.24, 2.45) is 5.41 Å². The molecule has 0 spiro atoms. The number of rotatable bonds is 2. The number of nitrogens with one attached hydrogen (secondary N) is 1. The average Bonchev–Trinajstić information content (AvgIpc) is 2.06. The van der Waals surface area contributed by atoms with Gasteiger partial charge in [0, 0.05) is 18.3 Å². The fourth-order valence-electron chi connectivity index (χ4n) is 1.52. The second kappa shape index (κ2) is 3.91. The van der Waals surface area contributed by atoms with Gasteiger partial charge in [-0.25, -0.2) is 0 Å². The van der Waals surface area contributed by atoms with Crippen LogP contribution in [-0.2, 0) is 6.42 Å². The van der Waals surface area contributed by atoms with Crippen molar-refractivity contribution in [3.05, 3.63) is 23.8 Å². The van der Waals surface area contributed by atoms with Gasteiger partial charge in [0.1, 0.15) is 5.75 Å². The number of phenols is 1. The summed E-state index contributed by atoms with van der Waals surface area (Å²) in [5, 5.41) is 12.8. The fraction of sp³-hybridized carbons (Fsp3) is 0.500. The summed E-state index contributed by atoms with van der Waals surface area (Å²) < 4.78 is 0. The Kier molecular flexibility index (Phi) is 3.04. The van der Waals surface area contributed by atoms with E-state index in [-0.39, 0.29) is 5.41 Å². The van der Waals surface area contributed by atoms with Gasteiger partial charge in [0.15, 0.2) is 0 Å². The molecule has 14 heavy (non-hydrogen) atoms. The monoisotopic (exact) mass is 193 g/mol. The van der Waals surface area contributed by atoms with Crippen molar-refractivity contribution in [1.29, 1.82) is 0 Å². The molecule has 0 saturated heterocycles. The van der Waals surface area contributed by atoms with Gasteiger partial charge in [-0.1, -0.05) is 26.8 Å². The summed E-state index contributed by atoms with van der Waals surface area (Å²) in [5.74, 6) is 0.381. The van der Waals surface area contributed by atoms with Crippen molar-refractivity contribution in [1.82, 2.24) is 0 Å². The van der Waals surface area contributed by atoms with Crippen LogP contribution >= 0.6 is 0 Å². The number of hydrogen-bond donors (Lipinski definition) is 2. The van der Waals surface area contributed by atoms with E-state index in [1.807, 2.05) is 19.2 Å². The van der Waals surface area contributed by atoms with Crippen molar-refractivity contribution in [3.8, 4) is 5.75 Å². The molecule has 0 aromatic heterocycles. The molecule has 2 N–H and O–H groups in total. The molecule has 0 amide bonds. The highest BCUT2D eigenvalue weighted by Crippen LogP contribution is 2.31. The van der Waals surface area contributed by atoms with Crippen LogP contribution in [0.1, 0.15) is 26.3 Å². The smallest absolute Gasteiger partial charge is 0.120 e. The minimum atomic E-state index is 0.185. The first-order valence-electron chi connectivity index (χ1n) is 4.92. The largest absolute Gasteiger partial charge is 0.508 e. The lowest BCUT2D eigenvalue weighted by molar-refractivity contribution is 0.395. The number of phenolic OH excluding ortho intramolecular Hbond substituents is 1. The summed E-state index contributed by atoms with van der Waals surface area (Å²) in [4.78, 5) is 0. The fourth-order valence-corrected chi connectivity index (χ4v) is 1.52. The zero-order valence-electron chi connectivity index (χ0n) is 9.39. The predicted octanol–water partition coefficient (Wildman–Crippen LogP) is 3.02. The first-order chi connectivity index (χ1) is 6.44. The molecule has 0 aliphatic carbocycles. The lowest BCUT2D eigenvalue weighted by atomic mass is 9.87. The Labute approximate surface area is 86.0 Å². The molecule has 0 aliphatic heterocycles. The van der Waals surface area contributed by atoms with Gasteiger partial charge >= 0.3 is 0 Å². The summed E-state index contributed by atoms with van der Waals surface area (Å²) in [6.07, 6.45) is 0.871. The minimum Gasteiger partial charge on any atom is -0.508 e. The average molecular weight is 193 g/mol. The van der Waals surface area contributed by atoms with Gasteiger partial charge < -0.3 is 10.4 Å². The molecule has 0 heterocycles. The van der Waals surface area contributed by atoms with E-state index in [0.29, 0.717) is 5.75 Å². The highest BCUT2D eigenvalue weighted by atomic mass is 16.3. The van der Waals surface area contributed by atoms with Gasteiger partial charge in [-0.2, -0.15) is 0 Å². The van der Waals surface area contributed by atoms with Gasteiger partial charge in [0.25, 0.3) is 0 Å². The van der Waals surface area contributed by atoms with Crippen molar-refractivity contribution in [2.75, 3.05) is 12.4 Å². The van der Waals surface area contributed by atoms with Crippen LogP contribution in [0.2, 0.25) is 0 Å². The quantitative estimate of drug-likeness (QED) is 0.756. The van der Waals surface area contributed by atoms with E-state index >= 15 is 0 Å². The maximum absolute atomic E-state index is 9.75. The highest BCUT2D eigenvalue weighted by Gasteiger charge is 2.16. The molecule has 2 nitrogen and oxygen atoms in total. The molecule has 2 heteroatoms. The van der Waals surface area contributed by atoms with Gasteiger partial charge in [-0.15, -0.1) is 0 Å². The van der Waals surface area contributed by atoms with Gasteiger partial charge in [0.2, 0.25) is 0 Å². The van der Waals surface area contributed by atoms with Gasteiger partial charge in [0.05, 0.1) is 0 Å². The summed E-state index contributed by atoms with van der Waals surface area (Å²) in [7, 11) is 1.88. The second-order valence-corrected chi connectivity index (χ2v) is 4.79. The van der Waals surface area contributed by atoms with Crippen LogP contribution in [0, 0.1) is 5.41 Å². The van der Waals surface area contributed by atoms with E-state index in [1.54, 1.807) is 6.07 Å². The maximum atomic E-state index is 9.75. The molecule has 0 aliphatic rings. The maximum Gasteiger partial charge on any atom is 0.120 e. The van der Waals surface area contributed by atoms with Crippen LogP contribution < -0.4 is 5.32 Å². The van der Waals surface area contributed by atoms with E-state index in [2.05, 4.69) is 26.1 Å². The summed E-state index contributed by atoms with van der Waals surface area (Å²) in [6.45, 7) is 6.50. The molecule has 1 rings (SSSR count). The van der Waals surface area contributed by atoms with E-state index in [0.717, 1.165) is 17.7 Å². The zero-order chi connectivity index (χ0) is 10.8. The number of aromatic hydroxyl groups is 1. The molecule has 0 radical (unpaired) electrons. The number of anilines is 1. The molecule has 1 aromatic carbocycles. The molecule has 0 bridgehead atoms. The first-order valence-corrected chi connectivity index (χ1v) is 4.92. The molecule has 78 valence electrons. The molecule has 1 aromatic rings. The molecule has 0 unspecified atom stereocenters. The topological polar surface area (TPSA) is 32.3 Å². The molecule has 0 fully saturated rings. The van der Waals surface area contributed by atoms with Crippen LogP contribution in [0.4, 0.5) is 5.69 Å². The Balaban J connectivity index is 3.05. The van der Waals surface area contributed by atoms with Crippen molar-refractivity contribution >= 4 is 5.69 Å². The molecular weight excluding hydrogens is 174 g/mol. The van der Waals surface area contributed by atoms with Crippen molar-refractivity contribution in [3.63, 3.8) is 0 Å². The third-order valence-electron chi connectivity index (χ3n) is 2.13. The van der Waals surface area contributed by atoms with Crippen molar-refractivity contribution < 1.29 is 5.11 Å². The van der Waals surface area contributed by atoms with Crippen molar-refractivity contribution in [2.45, 2.75) is 27.2 Å². The summed E-state index contributed by atoms with van der Waals surface area (Å²) in [5.41, 5.74) is 2.20. The standard InChI is InChI=1S/C12H19NO/c1-12(2,3)8-9-10(13-4)6-5-7-11(9)14/h5-7,13-14H,8H2,1-4H3. The normalized spacial score (nSPS) is 11.4. The molecule has 0 atom stereocenters. The van der Waals surface area contributed by atoms with E-state index < -0.39 is 0 Å². The minimum absolute atomic E-state index is 0.185. The van der Waals surface area contributed by atoms with E-state index in [4.69, 9.17) is 0 Å². The Morgan fingerprint density at radius 2 is 1.93 bits per heavy atom.